The highest BCUT2D eigenvalue weighted by Gasteiger charge is 2.09. The summed E-state index contributed by atoms with van der Waals surface area (Å²) in [5.74, 6) is 0.637. The first-order chi connectivity index (χ1) is 12.7. The molecular formula is C20H22N2O3S. The molecule has 0 unspecified atom stereocenters. The number of nitrogens with zero attached hydrogens (tertiary/aromatic N) is 2. The molecule has 6 heteroatoms. The lowest BCUT2D eigenvalue weighted by atomic mass is 10.1. The van der Waals surface area contributed by atoms with Crippen LogP contribution in [0.4, 0.5) is 0 Å². The Morgan fingerprint density at radius 1 is 1.19 bits per heavy atom. The molecule has 0 aliphatic carbocycles. The van der Waals surface area contributed by atoms with Crippen molar-refractivity contribution in [2.24, 2.45) is 4.99 Å². The largest absolute Gasteiger partial charge is 0.497 e. The van der Waals surface area contributed by atoms with Crippen molar-refractivity contribution < 1.29 is 14.3 Å². The molecule has 3 aromatic rings. The lowest BCUT2D eigenvalue weighted by Crippen LogP contribution is -2.20. The van der Waals surface area contributed by atoms with E-state index in [9.17, 15) is 4.79 Å². The molecule has 1 amide bonds. The number of hydrogen-bond acceptors (Lipinski definition) is 4. The minimum atomic E-state index is -0.153. The van der Waals surface area contributed by atoms with Crippen molar-refractivity contribution in [3.63, 3.8) is 0 Å². The van der Waals surface area contributed by atoms with Gasteiger partial charge in [0.15, 0.2) is 4.80 Å². The molecular weight excluding hydrogens is 348 g/mol. The average molecular weight is 370 g/mol. The zero-order chi connectivity index (χ0) is 18.4. The number of methoxy groups -OCH3 is 1. The predicted octanol–water partition coefficient (Wildman–Crippen LogP) is 3.42. The van der Waals surface area contributed by atoms with Gasteiger partial charge in [-0.3, -0.25) is 4.79 Å². The van der Waals surface area contributed by atoms with E-state index in [2.05, 4.69) is 4.99 Å². The number of hydrogen-bond donors (Lipinski definition) is 0. The van der Waals surface area contributed by atoms with Gasteiger partial charge in [0, 0.05) is 13.2 Å². The Kier molecular flexibility index (Phi) is 6.20. The molecule has 0 aliphatic heterocycles. The maximum absolute atomic E-state index is 12.4. The molecule has 0 radical (unpaired) electrons. The fourth-order valence-electron chi connectivity index (χ4n) is 2.70. The van der Waals surface area contributed by atoms with E-state index < -0.39 is 0 Å². The summed E-state index contributed by atoms with van der Waals surface area (Å²) in [6.07, 6.45) is 0.296. The van der Waals surface area contributed by atoms with E-state index >= 15 is 0 Å². The molecule has 2 aromatic carbocycles. The van der Waals surface area contributed by atoms with Crippen LogP contribution in [-0.4, -0.2) is 30.8 Å². The average Bonchev–Trinajstić information content (AvgIpc) is 2.99. The fraction of sp³-hybridized carbons (Fsp3) is 0.300. The van der Waals surface area contributed by atoms with Gasteiger partial charge in [0.25, 0.3) is 5.91 Å². The summed E-state index contributed by atoms with van der Waals surface area (Å²) in [5.41, 5.74) is 1.99. The van der Waals surface area contributed by atoms with E-state index in [0.717, 1.165) is 21.5 Å². The number of thiazole rings is 1. The van der Waals surface area contributed by atoms with Crippen LogP contribution in [0.15, 0.2) is 53.5 Å². The monoisotopic (exact) mass is 370 g/mol. The predicted molar refractivity (Wildman–Crippen MR) is 104 cm³/mol. The van der Waals surface area contributed by atoms with E-state index in [1.807, 2.05) is 60.0 Å². The summed E-state index contributed by atoms with van der Waals surface area (Å²) in [4.78, 5) is 17.5. The summed E-state index contributed by atoms with van der Waals surface area (Å²) < 4.78 is 13.9. The number of aromatic nitrogens is 1. The number of fused-ring (bicyclic) bond motifs is 1. The van der Waals surface area contributed by atoms with Gasteiger partial charge in [-0.25, -0.2) is 0 Å². The summed E-state index contributed by atoms with van der Waals surface area (Å²) in [5, 5.41) is 0. The zero-order valence-corrected chi connectivity index (χ0v) is 15.8. The summed E-state index contributed by atoms with van der Waals surface area (Å²) in [7, 11) is 1.65. The standard InChI is InChI=1S/C20H22N2O3S/c1-3-25-12-11-22-17-10-9-16(24-2)14-18(17)26-20(22)21-19(23)13-15-7-5-4-6-8-15/h4-10,14H,3,11-13H2,1-2H3. The highest BCUT2D eigenvalue weighted by atomic mass is 32.1. The first-order valence-electron chi connectivity index (χ1n) is 8.58. The second kappa shape index (κ2) is 8.78. The van der Waals surface area contributed by atoms with Gasteiger partial charge in [-0.15, -0.1) is 0 Å². The summed E-state index contributed by atoms with van der Waals surface area (Å²) in [6.45, 7) is 3.86. The molecule has 0 saturated heterocycles. The van der Waals surface area contributed by atoms with Gasteiger partial charge in [-0.05, 0) is 30.7 Å². The molecule has 0 N–H and O–H groups in total. The van der Waals surface area contributed by atoms with Crippen molar-refractivity contribution in [2.75, 3.05) is 20.3 Å². The van der Waals surface area contributed by atoms with Crippen LogP contribution in [0, 0.1) is 0 Å². The van der Waals surface area contributed by atoms with E-state index in [1.54, 1.807) is 7.11 Å². The second-order valence-electron chi connectivity index (χ2n) is 5.73. The number of ether oxygens (including phenoxy) is 2. The molecule has 0 fully saturated rings. The topological polar surface area (TPSA) is 52.8 Å². The first kappa shape index (κ1) is 18.4. The molecule has 0 saturated carbocycles. The third-order valence-corrected chi connectivity index (χ3v) is 5.01. The normalized spacial score (nSPS) is 11.8. The Hall–Kier alpha value is -2.44. The van der Waals surface area contributed by atoms with Crippen molar-refractivity contribution in [2.45, 2.75) is 19.9 Å². The first-order valence-corrected chi connectivity index (χ1v) is 9.39. The van der Waals surface area contributed by atoms with Crippen LogP contribution >= 0.6 is 11.3 Å². The van der Waals surface area contributed by atoms with Crippen molar-refractivity contribution in [3.05, 3.63) is 58.9 Å². The van der Waals surface area contributed by atoms with Gasteiger partial charge in [-0.2, -0.15) is 4.99 Å². The van der Waals surface area contributed by atoms with Crippen molar-refractivity contribution in [1.29, 1.82) is 0 Å². The lowest BCUT2D eigenvalue weighted by Gasteiger charge is -2.06. The van der Waals surface area contributed by atoms with E-state index in [1.165, 1.54) is 11.3 Å². The number of carbonyl (C=O) groups is 1. The van der Waals surface area contributed by atoms with Crippen LogP contribution in [0.25, 0.3) is 10.2 Å². The smallest absolute Gasteiger partial charge is 0.252 e. The number of amides is 1. The van der Waals surface area contributed by atoms with Gasteiger partial charge < -0.3 is 14.0 Å². The summed E-state index contributed by atoms with van der Waals surface area (Å²) in [6, 6.07) is 15.6. The maximum atomic E-state index is 12.4. The highest BCUT2D eigenvalue weighted by molar-refractivity contribution is 7.16. The third kappa shape index (κ3) is 4.39. The van der Waals surface area contributed by atoms with Crippen LogP contribution in [0.1, 0.15) is 12.5 Å². The Bertz CT molecular complexity index is 945. The number of carbonyl (C=O) groups excluding carboxylic acids is 1. The summed E-state index contributed by atoms with van der Waals surface area (Å²) >= 11 is 1.49. The quantitative estimate of drug-likeness (QED) is 0.599. The SMILES string of the molecule is CCOCCn1c(=NC(=O)Cc2ccccc2)sc2cc(OC)ccc21. The fourth-order valence-corrected chi connectivity index (χ4v) is 3.80. The lowest BCUT2D eigenvalue weighted by molar-refractivity contribution is -0.117. The van der Waals surface area contributed by atoms with E-state index in [4.69, 9.17) is 9.47 Å². The number of benzene rings is 2. The van der Waals surface area contributed by atoms with Crippen LogP contribution in [0.3, 0.4) is 0 Å². The Labute approximate surface area is 156 Å². The van der Waals surface area contributed by atoms with E-state index in [0.29, 0.717) is 31.0 Å². The zero-order valence-electron chi connectivity index (χ0n) is 15.0. The van der Waals surface area contributed by atoms with Gasteiger partial charge in [0.1, 0.15) is 5.75 Å². The van der Waals surface area contributed by atoms with Crippen molar-refractivity contribution in [3.8, 4) is 5.75 Å². The molecule has 26 heavy (non-hydrogen) atoms. The Balaban J connectivity index is 1.96. The molecule has 1 aromatic heterocycles. The third-order valence-electron chi connectivity index (χ3n) is 3.97. The molecule has 3 rings (SSSR count). The van der Waals surface area contributed by atoms with Crippen LogP contribution in [0.5, 0.6) is 5.75 Å². The minimum Gasteiger partial charge on any atom is -0.497 e. The molecule has 5 nitrogen and oxygen atoms in total. The van der Waals surface area contributed by atoms with Gasteiger partial charge >= 0.3 is 0 Å². The molecule has 0 aliphatic rings. The molecule has 0 bridgehead atoms. The molecule has 0 atom stereocenters. The second-order valence-corrected chi connectivity index (χ2v) is 6.74. The molecule has 1 heterocycles. The Morgan fingerprint density at radius 3 is 2.73 bits per heavy atom. The molecule has 0 spiro atoms. The minimum absolute atomic E-state index is 0.153. The Morgan fingerprint density at radius 2 is 2.00 bits per heavy atom. The maximum Gasteiger partial charge on any atom is 0.252 e. The van der Waals surface area contributed by atoms with Gasteiger partial charge in [0.2, 0.25) is 0 Å². The van der Waals surface area contributed by atoms with Crippen molar-refractivity contribution in [1.82, 2.24) is 4.57 Å². The van der Waals surface area contributed by atoms with Gasteiger partial charge in [0.05, 0.1) is 30.4 Å². The molecule has 136 valence electrons. The van der Waals surface area contributed by atoms with Crippen molar-refractivity contribution >= 4 is 27.5 Å². The number of rotatable bonds is 7. The van der Waals surface area contributed by atoms with Crippen LogP contribution in [-0.2, 0) is 22.5 Å². The van der Waals surface area contributed by atoms with Crippen LogP contribution < -0.4 is 9.54 Å². The van der Waals surface area contributed by atoms with Gasteiger partial charge in [-0.1, -0.05) is 41.7 Å². The highest BCUT2D eigenvalue weighted by Crippen LogP contribution is 2.23. The van der Waals surface area contributed by atoms with E-state index in [-0.39, 0.29) is 5.91 Å². The van der Waals surface area contributed by atoms with Crippen LogP contribution in [0.2, 0.25) is 0 Å².